The molecule has 0 amide bonds. The number of nitrogens with zero attached hydrogens (tertiary/aromatic N) is 1. The second-order valence-electron chi connectivity index (χ2n) is 2.66. The van der Waals surface area contributed by atoms with E-state index in [1.165, 1.54) is 12.1 Å². The van der Waals surface area contributed by atoms with Crippen molar-refractivity contribution in [2.24, 2.45) is 4.99 Å². The van der Waals surface area contributed by atoms with Crippen LogP contribution in [0, 0.1) is 5.82 Å². The number of nitrogens with one attached hydrogen (secondary N) is 1. The van der Waals surface area contributed by atoms with Gasteiger partial charge in [0.1, 0.15) is 11.7 Å². The molecule has 0 radical (unpaired) electrons. The zero-order valence-electron chi connectivity index (χ0n) is 6.55. The minimum atomic E-state index is -0.211. The molecule has 0 aromatic heterocycles. The molecule has 1 aliphatic heterocycles. The maximum Gasteiger partial charge on any atom is 0.128 e. The van der Waals surface area contributed by atoms with Crippen molar-refractivity contribution in [3.05, 3.63) is 35.6 Å². The van der Waals surface area contributed by atoms with Crippen LogP contribution in [0.1, 0.15) is 5.56 Å². The molecule has 0 saturated heterocycles. The molecule has 2 rings (SSSR count). The third-order valence-electron chi connectivity index (χ3n) is 1.79. The van der Waals surface area contributed by atoms with Gasteiger partial charge < -0.3 is 5.32 Å². The second-order valence-corrected chi connectivity index (χ2v) is 2.66. The molecular formula is C9H9FN2. The van der Waals surface area contributed by atoms with Crippen molar-refractivity contribution < 1.29 is 4.39 Å². The van der Waals surface area contributed by atoms with E-state index in [1.807, 2.05) is 0 Å². The summed E-state index contributed by atoms with van der Waals surface area (Å²) in [6, 6.07) is 6.34. The van der Waals surface area contributed by atoms with E-state index in [2.05, 4.69) is 10.3 Å². The Hall–Kier alpha value is -1.38. The van der Waals surface area contributed by atoms with Crippen molar-refractivity contribution in [1.82, 2.24) is 5.32 Å². The van der Waals surface area contributed by atoms with Crippen molar-refractivity contribution >= 4 is 5.84 Å². The molecular weight excluding hydrogens is 155 g/mol. The van der Waals surface area contributed by atoms with Crippen LogP contribution in [0.15, 0.2) is 29.3 Å². The van der Waals surface area contributed by atoms with Gasteiger partial charge in [0.15, 0.2) is 0 Å². The lowest BCUT2D eigenvalue weighted by Gasteiger charge is -2.00. The van der Waals surface area contributed by atoms with Crippen LogP contribution in [0.5, 0.6) is 0 Å². The van der Waals surface area contributed by atoms with Gasteiger partial charge in [0, 0.05) is 12.1 Å². The van der Waals surface area contributed by atoms with Crippen molar-refractivity contribution in [1.29, 1.82) is 0 Å². The number of aliphatic imine (C=N–C) groups is 1. The van der Waals surface area contributed by atoms with Crippen LogP contribution < -0.4 is 5.32 Å². The van der Waals surface area contributed by atoms with Crippen molar-refractivity contribution in [3.63, 3.8) is 0 Å². The maximum atomic E-state index is 12.5. The van der Waals surface area contributed by atoms with Crippen LogP contribution in [0.3, 0.4) is 0 Å². The maximum absolute atomic E-state index is 12.5. The highest BCUT2D eigenvalue weighted by Gasteiger charge is 2.06. The molecule has 1 heterocycles. The summed E-state index contributed by atoms with van der Waals surface area (Å²) in [6.07, 6.45) is 0. The van der Waals surface area contributed by atoms with Crippen LogP contribution in [0.4, 0.5) is 4.39 Å². The van der Waals surface area contributed by atoms with Gasteiger partial charge in [-0.15, -0.1) is 0 Å². The zero-order valence-corrected chi connectivity index (χ0v) is 6.55. The van der Waals surface area contributed by atoms with E-state index in [0.29, 0.717) is 0 Å². The summed E-state index contributed by atoms with van der Waals surface area (Å²) >= 11 is 0. The van der Waals surface area contributed by atoms with E-state index < -0.39 is 0 Å². The Kier molecular flexibility index (Phi) is 1.78. The summed E-state index contributed by atoms with van der Waals surface area (Å²) in [5, 5.41) is 3.12. The summed E-state index contributed by atoms with van der Waals surface area (Å²) in [5.41, 5.74) is 0.953. The number of halogens is 1. The summed E-state index contributed by atoms with van der Waals surface area (Å²) in [6.45, 7) is 1.69. The first-order valence-corrected chi connectivity index (χ1v) is 3.90. The first kappa shape index (κ1) is 7.28. The van der Waals surface area contributed by atoms with Gasteiger partial charge in [-0.05, 0) is 24.3 Å². The molecule has 1 aromatic carbocycles. The minimum absolute atomic E-state index is 0.211. The fourth-order valence-corrected chi connectivity index (χ4v) is 1.20. The van der Waals surface area contributed by atoms with Gasteiger partial charge in [0.2, 0.25) is 0 Å². The normalized spacial score (nSPS) is 15.6. The highest BCUT2D eigenvalue weighted by Crippen LogP contribution is 2.04. The molecule has 2 nitrogen and oxygen atoms in total. The Morgan fingerprint density at radius 1 is 1.25 bits per heavy atom. The largest absolute Gasteiger partial charge is 0.368 e. The van der Waals surface area contributed by atoms with E-state index in [4.69, 9.17) is 0 Å². The fraction of sp³-hybridized carbons (Fsp3) is 0.222. The van der Waals surface area contributed by atoms with Gasteiger partial charge in [-0.3, -0.25) is 4.99 Å². The molecule has 0 spiro atoms. The number of hydrogen-bond acceptors (Lipinski definition) is 2. The summed E-state index contributed by atoms with van der Waals surface area (Å²) < 4.78 is 12.5. The van der Waals surface area contributed by atoms with Crippen molar-refractivity contribution in [2.45, 2.75) is 0 Å². The van der Waals surface area contributed by atoms with Crippen LogP contribution >= 0.6 is 0 Å². The fourth-order valence-electron chi connectivity index (χ4n) is 1.20. The molecule has 1 aromatic rings. The molecule has 0 unspecified atom stereocenters. The van der Waals surface area contributed by atoms with Gasteiger partial charge in [-0.25, -0.2) is 4.39 Å². The Morgan fingerprint density at radius 2 is 2.00 bits per heavy atom. The predicted molar refractivity (Wildman–Crippen MR) is 45.8 cm³/mol. The summed E-state index contributed by atoms with van der Waals surface area (Å²) in [7, 11) is 0. The van der Waals surface area contributed by atoms with Crippen molar-refractivity contribution in [2.75, 3.05) is 13.1 Å². The van der Waals surface area contributed by atoms with Crippen LogP contribution in [0.25, 0.3) is 0 Å². The highest BCUT2D eigenvalue weighted by molar-refractivity contribution is 5.99. The Morgan fingerprint density at radius 3 is 2.58 bits per heavy atom. The lowest BCUT2D eigenvalue weighted by atomic mass is 10.2. The number of benzene rings is 1. The topological polar surface area (TPSA) is 24.4 Å². The van der Waals surface area contributed by atoms with E-state index in [0.717, 1.165) is 24.5 Å². The van der Waals surface area contributed by atoms with Gasteiger partial charge in [-0.1, -0.05) is 0 Å². The molecule has 0 saturated carbocycles. The molecule has 0 bridgehead atoms. The third-order valence-corrected chi connectivity index (χ3v) is 1.79. The van der Waals surface area contributed by atoms with Gasteiger partial charge >= 0.3 is 0 Å². The van der Waals surface area contributed by atoms with E-state index in [1.54, 1.807) is 12.1 Å². The average molecular weight is 164 g/mol. The first-order chi connectivity index (χ1) is 5.86. The van der Waals surface area contributed by atoms with E-state index >= 15 is 0 Å². The van der Waals surface area contributed by atoms with Gasteiger partial charge in [0.05, 0.1) is 6.54 Å². The van der Waals surface area contributed by atoms with Crippen molar-refractivity contribution in [3.8, 4) is 0 Å². The Bertz CT molecular complexity index is 303. The van der Waals surface area contributed by atoms with E-state index in [9.17, 15) is 4.39 Å². The second kappa shape index (κ2) is 2.93. The predicted octanol–water partition coefficient (Wildman–Crippen LogP) is 1.18. The monoisotopic (exact) mass is 164 g/mol. The highest BCUT2D eigenvalue weighted by atomic mass is 19.1. The quantitative estimate of drug-likeness (QED) is 0.662. The van der Waals surface area contributed by atoms with Crippen LogP contribution in [-0.4, -0.2) is 18.9 Å². The molecule has 1 aliphatic rings. The Labute approximate surface area is 70.1 Å². The molecule has 0 atom stereocenters. The summed E-state index contributed by atoms with van der Waals surface area (Å²) in [4.78, 5) is 4.22. The third kappa shape index (κ3) is 1.30. The lowest BCUT2D eigenvalue weighted by Crippen LogP contribution is -2.19. The summed E-state index contributed by atoms with van der Waals surface area (Å²) in [5.74, 6) is 0.660. The first-order valence-electron chi connectivity index (χ1n) is 3.90. The van der Waals surface area contributed by atoms with Crippen LogP contribution in [-0.2, 0) is 0 Å². The standard InChI is InChI=1S/C9H9FN2/c10-8-3-1-7(2-4-8)9-11-5-6-12-9/h1-4H,5-6H2,(H,11,12). The molecule has 12 heavy (non-hydrogen) atoms. The van der Waals surface area contributed by atoms with Crippen LogP contribution in [0.2, 0.25) is 0 Å². The molecule has 62 valence electrons. The van der Waals surface area contributed by atoms with Gasteiger partial charge in [-0.2, -0.15) is 0 Å². The Balaban J connectivity index is 2.28. The zero-order chi connectivity index (χ0) is 8.39. The minimum Gasteiger partial charge on any atom is -0.368 e. The molecule has 0 aliphatic carbocycles. The molecule has 0 fully saturated rings. The van der Waals surface area contributed by atoms with E-state index in [-0.39, 0.29) is 5.82 Å². The number of amidine groups is 1. The lowest BCUT2D eigenvalue weighted by molar-refractivity contribution is 0.627. The average Bonchev–Trinajstić information content (AvgIpc) is 2.58. The molecule has 3 heteroatoms. The smallest absolute Gasteiger partial charge is 0.128 e. The van der Waals surface area contributed by atoms with Gasteiger partial charge in [0.25, 0.3) is 0 Å². The molecule has 1 N–H and O–H groups in total. The number of hydrogen-bond donors (Lipinski definition) is 1. The SMILES string of the molecule is Fc1ccc(C2=NCCN2)cc1. The number of rotatable bonds is 1.